The number of amides is 1. The Bertz CT molecular complexity index is 551. The minimum Gasteiger partial charge on any atom is -0.368 e. The van der Waals surface area contributed by atoms with E-state index in [9.17, 15) is 13.2 Å². The highest BCUT2D eigenvalue weighted by atomic mass is 32.2. The first-order valence-corrected chi connectivity index (χ1v) is 6.64. The van der Waals surface area contributed by atoms with Gasteiger partial charge < -0.3 is 5.73 Å². The Morgan fingerprint density at radius 1 is 1.50 bits per heavy atom. The molecule has 1 aromatic carbocycles. The van der Waals surface area contributed by atoms with E-state index in [-0.39, 0.29) is 4.90 Å². The van der Waals surface area contributed by atoms with Crippen LogP contribution in [0.15, 0.2) is 23.1 Å². The van der Waals surface area contributed by atoms with E-state index in [0.29, 0.717) is 6.54 Å². The van der Waals surface area contributed by atoms with Gasteiger partial charge in [-0.25, -0.2) is 8.42 Å². The summed E-state index contributed by atoms with van der Waals surface area (Å²) in [5.41, 5.74) is 6.79. The number of nitrogens with one attached hydrogen (secondary N) is 1. The van der Waals surface area contributed by atoms with E-state index in [2.05, 4.69) is 5.32 Å². The smallest absolute Gasteiger partial charge is 0.239 e. The lowest BCUT2D eigenvalue weighted by molar-refractivity contribution is -0.119. The van der Waals surface area contributed by atoms with Crippen molar-refractivity contribution in [2.24, 2.45) is 5.73 Å². The van der Waals surface area contributed by atoms with Gasteiger partial charge in [-0.1, -0.05) is 6.07 Å². The first-order valence-electron chi connectivity index (χ1n) is 4.75. The Morgan fingerprint density at radius 2 is 2.19 bits per heavy atom. The summed E-state index contributed by atoms with van der Waals surface area (Å²) in [4.78, 5) is 11.3. The summed E-state index contributed by atoms with van der Waals surface area (Å²) in [5, 5.41) is 2.93. The van der Waals surface area contributed by atoms with Gasteiger partial charge in [0.1, 0.15) is 6.04 Å². The van der Waals surface area contributed by atoms with Crippen LogP contribution >= 0.6 is 0 Å². The van der Waals surface area contributed by atoms with E-state index in [1.54, 1.807) is 12.1 Å². The van der Waals surface area contributed by atoms with E-state index >= 15 is 0 Å². The molecule has 0 spiro atoms. The van der Waals surface area contributed by atoms with Gasteiger partial charge in [-0.3, -0.25) is 10.1 Å². The van der Waals surface area contributed by atoms with Crippen molar-refractivity contribution in [3.63, 3.8) is 0 Å². The summed E-state index contributed by atoms with van der Waals surface area (Å²) in [5.74, 6) is -0.453. The molecule has 1 heterocycles. The average molecular weight is 240 g/mol. The van der Waals surface area contributed by atoms with Crippen LogP contribution in [0.2, 0.25) is 0 Å². The van der Waals surface area contributed by atoms with E-state index in [1.165, 1.54) is 6.07 Å². The number of carbonyl (C=O) groups excluding carboxylic acids is 1. The average Bonchev–Trinajstić information content (AvgIpc) is 2.58. The van der Waals surface area contributed by atoms with Gasteiger partial charge in [0.05, 0.1) is 4.90 Å². The first-order chi connectivity index (χ1) is 7.39. The summed E-state index contributed by atoms with van der Waals surface area (Å²) in [6.45, 7) is 0.465. The van der Waals surface area contributed by atoms with Crippen molar-refractivity contribution in [3.05, 3.63) is 29.3 Å². The summed E-state index contributed by atoms with van der Waals surface area (Å²) in [6, 6.07) is 4.21. The molecule has 1 aliphatic rings. The number of primary amides is 1. The van der Waals surface area contributed by atoms with Crippen molar-refractivity contribution in [1.82, 2.24) is 5.32 Å². The van der Waals surface area contributed by atoms with E-state index < -0.39 is 21.8 Å². The van der Waals surface area contributed by atoms with Gasteiger partial charge in [0.15, 0.2) is 9.84 Å². The maximum Gasteiger partial charge on any atom is 0.239 e. The molecular formula is C10H12N2O3S. The number of fused-ring (bicyclic) bond motifs is 1. The van der Waals surface area contributed by atoms with Crippen LogP contribution in [-0.4, -0.2) is 20.6 Å². The Labute approximate surface area is 93.6 Å². The lowest BCUT2D eigenvalue weighted by Gasteiger charge is -2.07. The molecule has 0 fully saturated rings. The van der Waals surface area contributed by atoms with Crippen LogP contribution in [0.5, 0.6) is 0 Å². The molecule has 0 radical (unpaired) electrons. The molecule has 6 heteroatoms. The number of hydrogen-bond donors (Lipinski definition) is 2. The fraction of sp³-hybridized carbons (Fsp3) is 0.300. The van der Waals surface area contributed by atoms with E-state index in [1.807, 2.05) is 0 Å². The summed E-state index contributed by atoms with van der Waals surface area (Å²) in [7, 11) is -3.21. The topological polar surface area (TPSA) is 89.3 Å². The second-order valence-electron chi connectivity index (χ2n) is 3.85. The fourth-order valence-corrected chi connectivity index (χ4v) is 2.49. The van der Waals surface area contributed by atoms with Crippen molar-refractivity contribution in [2.75, 3.05) is 6.26 Å². The molecule has 1 aromatic rings. The molecule has 5 nitrogen and oxygen atoms in total. The molecule has 1 aliphatic heterocycles. The molecule has 1 unspecified atom stereocenters. The zero-order valence-electron chi connectivity index (χ0n) is 8.73. The van der Waals surface area contributed by atoms with Crippen LogP contribution < -0.4 is 11.1 Å². The Kier molecular flexibility index (Phi) is 2.47. The van der Waals surface area contributed by atoms with E-state index in [0.717, 1.165) is 17.4 Å². The number of carbonyl (C=O) groups is 1. The summed E-state index contributed by atoms with van der Waals surface area (Å²) in [6.07, 6.45) is 1.16. The van der Waals surface area contributed by atoms with Crippen molar-refractivity contribution in [3.8, 4) is 0 Å². The Hall–Kier alpha value is -1.40. The van der Waals surface area contributed by atoms with Crippen LogP contribution in [0.1, 0.15) is 17.2 Å². The van der Waals surface area contributed by atoms with Crippen molar-refractivity contribution in [2.45, 2.75) is 17.5 Å². The van der Waals surface area contributed by atoms with Crippen LogP contribution in [0.3, 0.4) is 0 Å². The van der Waals surface area contributed by atoms with Crippen LogP contribution in [0.4, 0.5) is 0 Å². The molecule has 3 N–H and O–H groups in total. The molecule has 0 aromatic heterocycles. The lowest BCUT2D eigenvalue weighted by atomic mass is 10.1. The molecular weight excluding hydrogens is 228 g/mol. The molecule has 86 valence electrons. The standard InChI is InChI=1S/C10H12N2O3S/c1-16(14,15)7-2-3-8-6(4-7)5-12-9(8)10(11)13/h2-4,9,12H,5H2,1H3,(H2,11,13). The molecule has 0 saturated heterocycles. The van der Waals surface area contributed by atoms with Gasteiger partial charge >= 0.3 is 0 Å². The highest BCUT2D eigenvalue weighted by Gasteiger charge is 2.27. The van der Waals surface area contributed by atoms with Gasteiger partial charge in [-0.2, -0.15) is 0 Å². The highest BCUT2D eigenvalue weighted by Crippen LogP contribution is 2.27. The van der Waals surface area contributed by atoms with Crippen LogP contribution in [0, 0.1) is 0 Å². The predicted molar refractivity (Wildman–Crippen MR) is 58.3 cm³/mol. The van der Waals surface area contributed by atoms with Crippen LogP contribution in [-0.2, 0) is 21.2 Å². The van der Waals surface area contributed by atoms with Crippen molar-refractivity contribution in [1.29, 1.82) is 0 Å². The van der Waals surface area contributed by atoms with Gasteiger partial charge in [0, 0.05) is 12.8 Å². The highest BCUT2D eigenvalue weighted by molar-refractivity contribution is 7.90. The quantitative estimate of drug-likeness (QED) is 0.744. The van der Waals surface area contributed by atoms with Gasteiger partial charge in [-0.05, 0) is 23.3 Å². The van der Waals surface area contributed by atoms with Gasteiger partial charge in [0.25, 0.3) is 0 Å². The third-order valence-corrected chi connectivity index (χ3v) is 3.74. The maximum absolute atomic E-state index is 11.3. The molecule has 16 heavy (non-hydrogen) atoms. The molecule has 0 aliphatic carbocycles. The predicted octanol–water partition coefficient (Wildman–Crippen LogP) is -0.280. The minimum atomic E-state index is -3.21. The molecule has 1 amide bonds. The number of rotatable bonds is 2. The van der Waals surface area contributed by atoms with Crippen LogP contribution in [0.25, 0.3) is 0 Å². The van der Waals surface area contributed by atoms with Gasteiger partial charge in [-0.15, -0.1) is 0 Å². The number of nitrogens with two attached hydrogens (primary N) is 1. The largest absolute Gasteiger partial charge is 0.368 e. The second-order valence-corrected chi connectivity index (χ2v) is 5.86. The summed E-state index contributed by atoms with van der Waals surface area (Å²) < 4.78 is 22.7. The molecule has 0 bridgehead atoms. The minimum absolute atomic E-state index is 0.262. The lowest BCUT2D eigenvalue weighted by Crippen LogP contribution is -2.28. The Morgan fingerprint density at radius 3 is 2.75 bits per heavy atom. The van der Waals surface area contributed by atoms with Crippen molar-refractivity contribution < 1.29 is 13.2 Å². The maximum atomic E-state index is 11.3. The Balaban J connectivity index is 2.48. The monoisotopic (exact) mass is 240 g/mol. The summed E-state index contributed by atoms with van der Waals surface area (Å²) >= 11 is 0. The number of benzene rings is 1. The molecule has 2 rings (SSSR count). The second kappa shape index (κ2) is 3.57. The number of hydrogen-bond acceptors (Lipinski definition) is 4. The van der Waals surface area contributed by atoms with Crippen molar-refractivity contribution >= 4 is 15.7 Å². The van der Waals surface area contributed by atoms with E-state index in [4.69, 9.17) is 5.73 Å². The fourth-order valence-electron chi connectivity index (χ4n) is 1.82. The molecule has 1 atom stereocenters. The zero-order valence-corrected chi connectivity index (χ0v) is 9.54. The third-order valence-electron chi connectivity index (χ3n) is 2.63. The normalized spacial score (nSPS) is 19.4. The SMILES string of the molecule is CS(=O)(=O)c1ccc2c(c1)CNC2C(N)=O. The third kappa shape index (κ3) is 1.81. The zero-order chi connectivity index (χ0) is 11.9. The van der Waals surface area contributed by atoms with Gasteiger partial charge in [0.2, 0.25) is 5.91 Å². The number of sulfone groups is 1. The first kappa shape index (κ1) is 11.1. The molecule has 0 saturated carbocycles.